The van der Waals surface area contributed by atoms with E-state index in [1.54, 1.807) is 6.07 Å². The van der Waals surface area contributed by atoms with Crippen LogP contribution in [0.5, 0.6) is 5.75 Å². The van der Waals surface area contributed by atoms with Crippen LogP contribution in [-0.2, 0) is 11.3 Å². The molecule has 0 atom stereocenters. The van der Waals surface area contributed by atoms with Crippen LogP contribution in [0.25, 0.3) is 0 Å². The molecule has 1 fully saturated rings. The van der Waals surface area contributed by atoms with Crippen molar-refractivity contribution in [1.29, 1.82) is 0 Å². The molecule has 2 rings (SSSR count). The summed E-state index contributed by atoms with van der Waals surface area (Å²) in [6, 6.07) is 5.43. The molecule has 1 amide bonds. The minimum Gasteiger partial charge on any atom is -0.481 e. The Morgan fingerprint density at radius 3 is 2.67 bits per heavy atom. The number of rotatable bonds is 6. The van der Waals surface area contributed by atoms with Gasteiger partial charge in [-0.05, 0) is 51.3 Å². The van der Waals surface area contributed by atoms with Gasteiger partial charge < -0.3 is 15.4 Å². The van der Waals surface area contributed by atoms with Crippen molar-refractivity contribution in [2.45, 2.75) is 51.7 Å². The molecular formula is C16H23FN2O2. The van der Waals surface area contributed by atoms with Crippen LogP contribution < -0.4 is 15.4 Å². The summed E-state index contributed by atoms with van der Waals surface area (Å²) in [4.78, 5) is 11.6. The lowest BCUT2D eigenvalue weighted by molar-refractivity contribution is -0.124. The summed E-state index contributed by atoms with van der Waals surface area (Å²) in [5, 5.41) is 6.09. The predicted molar refractivity (Wildman–Crippen MR) is 79.7 cm³/mol. The van der Waals surface area contributed by atoms with E-state index in [1.807, 2.05) is 26.8 Å². The summed E-state index contributed by atoms with van der Waals surface area (Å²) >= 11 is 0. The second-order valence-electron chi connectivity index (χ2n) is 6.51. The smallest absolute Gasteiger partial charge is 0.258 e. The third-order valence-electron chi connectivity index (χ3n) is 3.04. The molecule has 0 aliphatic heterocycles. The summed E-state index contributed by atoms with van der Waals surface area (Å²) in [5.74, 6) is -0.593. The quantitative estimate of drug-likeness (QED) is 0.847. The fourth-order valence-electron chi connectivity index (χ4n) is 1.92. The number of ether oxygens (including phenoxy) is 1. The number of carbonyl (C=O) groups is 1. The highest BCUT2D eigenvalue weighted by atomic mass is 19.1. The zero-order valence-electron chi connectivity index (χ0n) is 12.8. The Kier molecular flexibility index (Phi) is 4.83. The van der Waals surface area contributed by atoms with Crippen molar-refractivity contribution in [3.05, 3.63) is 29.6 Å². The minimum absolute atomic E-state index is 0.106. The van der Waals surface area contributed by atoms with Crippen LogP contribution in [0.2, 0.25) is 0 Å². The third kappa shape index (κ3) is 5.71. The second-order valence-corrected chi connectivity index (χ2v) is 6.51. The molecule has 116 valence electrons. The van der Waals surface area contributed by atoms with Crippen molar-refractivity contribution in [3.63, 3.8) is 0 Å². The summed E-state index contributed by atoms with van der Waals surface area (Å²) in [6.45, 7) is 6.12. The molecule has 0 heterocycles. The first-order valence-corrected chi connectivity index (χ1v) is 7.29. The largest absolute Gasteiger partial charge is 0.481 e. The number of hydrogen-bond donors (Lipinski definition) is 2. The summed E-state index contributed by atoms with van der Waals surface area (Å²) < 4.78 is 19.1. The molecule has 5 heteroatoms. The molecule has 21 heavy (non-hydrogen) atoms. The number of carbonyl (C=O) groups excluding carboxylic acids is 1. The zero-order valence-corrected chi connectivity index (χ0v) is 12.8. The highest BCUT2D eigenvalue weighted by Crippen LogP contribution is 2.21. The molecule has 1 aromatic rings. The Hall–Kier alpha value is -1.62. The Labute approximate surface area is 125 Å². The highest BCUT2D eigenvalue weighted by molar-refractivity contribution is 5.78. The predicted octanol–water partition coefficient (Wildman–Crippen LogP) is 2.37. The van der Waals surface area contributed by atoms with Gasteiger partial charge in [0, 0.05) is 18.1 Å². The monoisotopic (exact) mass is 294 g/mol. The molecule has 0 radical (unpaired) electrons. The van der Waals surface area contributed by atoms with Gasteiger partial charge in [0.1, 0.15) is 0 Å². The van der Waals surface area contributed by atoms with Crippen LogP contribution in [0.1, 0.15) is 39.2 Å². The van der Waals surface area contributed by atoms with Gasteiger partial charge in [0.05, 0.1) is 0 Å². The number of amides is 1. The lowest BCUT2D eigenvalue weighted by Gasteiger charge is -2.20. The molecule has 1 aliphatic rings. The van der Waals surface area contributed by atoms with Crippen LogP contribution in [0.4, 0.5) is 4.39 Å². The van der Waals surface area contributed by atoms with Gasteiger partial charge >= 0.3 is 0 Å². The SMILES string of the molecule is CC(C)(C)NC(=O)COc1ccc(CNC2CC2)cc1F. The van der Waals surface area contributed by atoms with Crippen molar-refractivity contribution in [2.75, 3.05) is 6.61 Å². The van der Waals surface area contributed by atoms with Crippen LogP contribution in [-0.4, -0.2) is 24.1 Å². The van der Waals surface area contributed by atoms with Gasteiger partial charge in [-0.15, -0.1) is 0 Å². The van der Waals surface area contributed by atoms with Gasteiger partial charge in [0.2, 0.25) is 0 Å². The zero-order chi connectivity index (χ0) is 15.5. The Bertz CT molecular complexity index is 507. The highest BCUT2D eigenvalue weighted by Gasteiger charge is 2.20. The van der Waals surface area contributed by atoms with Crippen LogP contribution in [0.3, 0.4) is 0 Å². The number of halogens is 1. The maximum atomic E-state index is 13.9. The molecule has 0 aromatic heterocycles. The van der Waals surface area contributed by atoms with Gasteiger partial charge in [-0.25, -0.2) is 4.39 Å². The summed E-state index contributed by atoms with van der Waals surface area (Å²) in [6.07, 6.45) is 2.40. The minimum atomic E-state index is -0.436. The maximum Gasteiger partial charge on any atom is 0.258 e. The van der Waals surface area contributed by atoms with E-state index in [4.69, 9.17) is 4.74 Å². The van der Waals surface area contributed by atoms with Crippen molar-refractivity contribution >= 4 is 5.91 Å². The normalized spacial score (nSPS) is 14.9. The third-order valence-corrected chi connectivity index (χ3v) is 3.04. The van der Waals surface area contributed by atoms with E-state index >= 15 is 0 Å². The second kappa shape index (κ2) is 6.43. The average Bonchev–Trinajstić information content (AvgIpc) is 3.17. The fraction of sp³-hybridized carbons (Fsp3) is 0.562. The standard InChI is InChI=1S/C16H23FN2O2/c1-16(2,3)19-15(20)10-21-14-7-4-11(8-13(14)17)9-18-12-5-6-12/h4,7-8,12,18H,5-6,9-10H2,1-3H3,(H,19,20). The molecule has 1 aromatic carbocycles. The lowest BCUT2D eigenvalue weighted by Crippen LogP contribution is -2.43. The number of nitrogens with one attached hydrogen (secondary N) is 2. The van der Waals surface area contributed by atoms with E-state index in [9.17, 15) is 9.18 Å². The molecule has 1 aliphatic carbocycles. The van der Waals surface area contributed by atoms with Crippen molar-refractivity contribution < 1.29 is 13.9 Å². The van der Waals surface area contributed by atoms with E-state index in [0.717, 1.165) is 5.56 Å². The van der Waals surface area contributed by atoms with Crippen LogP contribution >= 0.6 is 0 Å². The topological polar surface area (TPSA) is 50.4 Å². The molecule has 2 N–H and O–H groups in total. The summed E-state index contributed by atoms with van der Waals surface area (Å²) in [5.41, 5.74) is 0.558. The molecule has 4 nitrogen and oxygen atoms in total. The fourth-order valence-corrected chi connectivity index (χ4v) is 1.92. The van der Waals surface area contributed by atoms with Gasteiger partial charge in [0.25, 0.3) is 5.91 Å². The number of benzene rings is 1. The van der Waals surface area contributed by atoms with Crippen LogP contribution in [0, 0.1) is 5.82 Å². The van der Waals surface area contributed by atoms with Gasteiger partial charge in [-0.3, -0.25) is 4.79 Å². The van der Waals surface area contributed by atoms with Crippen molar-refractivity contribution in [1.82, 2.24) is 10.6 Å². The Balaban J connectivity index is 1.83. The first kappa shape index (κ1) is 15.8. The number of hydrogen-bond acceptors (Lipinski definition) is 3. The van der Waals surface area contributed by atoms with E-state index in [0.29, 0.717) is 12.6 Å². The average molecular weight is 294 g/mol. The molecule has 0 bridgehead atoms. The van der Waals surface area contributed by atoms with Gasteiger partial charge in [-0.1, -0.05) is 6.07 Å². The van der Waals surface area contributed by atoms with Crippen molar-refractivity contribution in [3.8, 4) is 5.75 Å². The van der Waals surface area contributed by atoms with Gasteiger partial charge in [-0.2, -0.15) is 0 Å². The van der Waals surface area contributed by atoms with E-state index in [1.165, 1.54) is 18.9 Å². The Morgan fingerprint density at radius 1 is 1.38 bits per heavy atom. The first-order chi connectivity index (χ1) is 9.83. The molecule has 0 saturated heterocycles. The van der Waals surface area contributed by atoms with E-state index in [2.05, 4.69) is 10.6 Å². The van der Waals surface area contributed by atoms with E-state index in [-0.39, 0.29) is 23.8 Å². The van der Waals surface area contributed by atoms with Crippen molar-refractivity contribution in [2.24, 2.45) is 0 Å². The van der Waals surface area contributed by atoms with Crippen LogP contribution in [0.15, 0.2) is 18.2 Å². The van der Waals surface area contributed by atoms with Gasteiger partial charge in [0.15, 0.2) is 18.2 Å². The molecule has 1 saturated carbocycles. The molecule has 0 spiro atoms. The summed E-state index contributed by atoms with van der Waals surface area (Å²) in [7, 11) is 0. The first-order valence-electron chi connectivity index (χ1n) is 7.29. The lowest BCUT2D eigenvalue weighted by atomic mass is 10.1. The van der Waals surface area contributed by atoms with E-state index < -0.39 is 5.82 Å². The molecule has 0 unspecified atom stereocenters. The maximum absolute atomic E-state index is 13.9. The Morgan fingerprint density at radius 2 is 2.10 bits per heavy atom. The molecular weight excluding hydrogens is 271 g/mol.